The van der Waals surface area contributed by atoms with Gasteiger partial charge in [0, 0.05) is 19.5 Å². The number of aliphatic hydroxyl groups excluding tert-OH is 1. The quantitative estimate of drug-likeness (QED) is 0.723. The lowest BCUT2D eigenvalue weighted by molar-refractivity contribution is -0.158. The zero-order valence-corrected chi connectivity index (χ0v) is 9.07. The van der Waals surface area contributed by atoms with Crippen LogP contribution in [0.25, 0.3) is 0 Å². The van der Waals surface area contributed by atoms with Gasteiger partial charge in [0.05, 0.1) is 12.6 Å². The molecule has 1 atom stereocenters. The van der Waals surface area contributed by atoms with Crippen LogP contribution in [0.3, 0.4) is 0 Å². The summed E-state index contributed by atoms with van der Waals surface area (Å²) >= 11 is 0. The van der Waals surface area contributed by atoms with E-state index in [1.807, 2.05) is 0 Å². The summed E-state index contributed by atoms with van der Waals surface area (Å²) in [6.07, 6.45) is 2.14. The molecule has 1 fully saturated rings. The molecule has 0 radical (unpaired) electrons. The Morgan fingerprint density at radius 3 is 2.86 bits per heavy atom. The summed E-state index contributed by atoms with van der Waals surface area (Å²) in [4.78, 5) is 11.6. The number of rotatable bonds is 4. The summed E-state index contributed by atoms with van der Waals surface area (Å²) < 4.78 is 0. The first-order valence-electron chi connectivity index (χ1n) is 5.38. The van der Waals surface area contributed by atoms with Crippen LogP contribution in [0, 0.1) is 0 Å². The van der Waals surface area contributed by atoms with Crippen LogP contribution in [0.15, 0.2) is 0 Å². The van der Waals surface area contributed by atoms with E-state index in [-0.39, 0.29) is 5.91 Å². The van der Waals surface area contributed by atoms with Crippen molar-refractivity contribution < 1.29 is 9.90 Å². The topological polar surface area (TPSA) is 43.8 Å². The van der Waals surface area contributed by atoms with Gasteiger partial charge in [0.1, 0.15) is 0 Å². The van der Waals surface area contributed by atoms with Crippen LogP contribution in [0.1, 0.15) is 33.1 Å². The van der Waals surface area contributed by atoms with Crippen LogP contribution in [0.5, 0.6) is 0 Å². The van der Waals surface area contributed by atoms with Gasteiger partial charge in [-0.25, -0.2) is 5.01 Å². The highest BCUT2D eigenvalue weighted by molar-refractivity contribution is 5.76. The Bertz CT molecular complexity index is 193. The van der Waals surface area contributed by atoms with Gasteiger partial charge >= 0.3 is 0 Å². The largest absolute Gasteiger partial charge is 0.392 e. The Balaban J connectivity index is 2.56. The Kier molecular flexibility index (Phi) is 4.35. The van der Waals surface area contributed by atoms with Crippen molar-refractivity contribution in [3.63, 3.8) is 0 Å². The maximum Gasteiger partial charge on any atom is 0.237 e. The molecular formula is C10H20N2O2. The van der Waals surface area contributed by atoms with Gasteiger partial charge < -0.3 is 5.11 Å². The second-order valence-corrected chi connectivity index (χ2v) is 3.88. The van der Waals surface area contributed by atoms with Crippen LogP contribution in [-0.2, 0) is 4.79 Å². The Hall–Kier alpha value is -0.610. The van der Waals surface area contributed by atoms with E-state index in [2.05, 4.69) is 11.9 Å². The molecule has 0 saturated carbocycles. The first-order valence-corrected chi connectivity index (χ1v) is 5.38. The zero-order valence-electron chi connectivity index (χ0n) is 9.07. The average Bonchev–Trinajstić information content (AvgIpc) is 2.11. The first-order chi connectivity index (χ1) is 6.65. The number of amides is 1. The fourth-order valence-corrected chi connectivity index (χ4v) is 1.78. The third-order valence-electron chi connectivity index (χ3n) is 2.36. The van der Waals surface area contributed by atoms with Crippen molar-refractivity contribution in [1.82, 2.24) is 10.0 Å². The molecule has 4 nitrogen and oxygen atoms in total. The van der Waals surface area contributed by atoms with Crippen molar-refractivity contribution in [2.45, 2.75) is 39.2 Å². The summed E-state index contributed by atoms with van der Waals surface area (Å²) in [5.74, 6) is 0.144. The summed E-state index contributed by atoms with van der Waals surface area (Å²) in [5, 5.41) is 13.0. The number of hydrazine groups is 1. The van der Waals surface area contributed by atoms with E-state index >= 15 is 0 Å². The SMILES string of the molecule is CCCN1CCCC(=O)N1CC(C)O. The maximum atomic E-state index is 11.6. The molecule has 1 unspecified atom stereocenters. The fourth-order valence-electron chi connectivity index (χ4n) is 1.78. The minimum absolute atomic E-state index is 0.144. The van der Waals surface area contributed by atoms with Gasteiger partial charge in [-0.05, 0) is 19.8 Å². The molecule has 0 spiro atoms. The second-order valence-electron chi connectivity index (χ2n) is 3.88. The van der Waals surface area contributed by atoms with Crippen LogP contribution in [0.2, 0.25) is 0 Å². The summed E-state index contributed by atoms with van der Waals surface area (Å²) in [5.41, 5.74) is 0. The average molecular weight is 200 g/mol. The molecule has 1 amide bonds. The van der Waals surface area contributed by atoms with Crippen LogP contribution >= 0.6 is 0 Å². The third-order valence-corrected chi connectivity index (χ3v) is 2.36. The number of carbonyl (C=O) groups excluding carboxylic acids is 1. The van der Waals surface area contributed by atoms with E-state index in [9.17, 15) is 9.90 Å². The predicted molar refractivity (Wildman–Crippen MR) is 54.5 cm³/mol. The van der Waals surface area contributed by atoms with Gasteiger partial charge in [-0.15, -0.1) is 0 Å². The van der Waals surface area contributed by atoms with E-state index in [0.717, 1.165) is 25.9 Å². The summed E-state index contributed by atoms with van der Waals surface area (Å²) in [7, 11) is 0. The number of hydrogen-bond acceptors (Lipinski definition) is 3. The molecular weight excluding hydrogens is 180 g/mol. The summed E-state index contributed by atoms with van der Waals surface area (Å²) in [6, 6.07) is 0. The van der Waals surface area contributed by atoms with Crippen molar-refractivity contribution in [2.75, 3.05) is 19.6 Å². The van der Waals surface area contributed by atoms with Gasteiger partial charge in [-0.1, -0.05) is 6.92 Å². The lowest BCUT2D eigenvalue weighted by Crippen LogP contribution is -2.52. The van der Waals surface area contributed by atoms with E-state index in [1.54, 1.807) is 11.9 Å². The van der Waals surface area contributed by atoms with E-state index in [0.29, 0.717) is 13.0 Å². The lowest BCUT2D eigenvalue weighted by Gasteiger charge is -2.39. The Morgan fingerprint density at radius 2 is 2.29 bits per heavy atom. The van der Waals surface area contributed by atoms with Gasteiger partial charge in [-0.3, -0.25) is 9.80 Å². The standard InChI is InChI=1S/C10H20N2O2/c1-3-6-11-7-4-5-10(14)12(11)8-9(2)13/h9,13H,3-8H2,1-2H3. The van der Waals surface area contributed by atoms with Crippen molar-refractivity contribution >= 4 is 5.91 Å². The number of aliphatic hydroxyl groups is 1. The van der Waals surface area contributed by atoms with Crippen molar-refractivity contribution in [2.24, 2.45) is 0 Å². The van der Waals surface area contributed by atoms with Crippen molar-refractivity contribution in [1.29, 1.82) is 0 Å². The van der Waals surface area contributed by atoms with Gasteiger partial charge in [0.2, 0.25) is 5.91 Å². The molecule has 0 aromatic carbocycles. The van der Waals surface area contributed by atoms with Crippen LogP contribution in [-0.4, -0.2) is 46.8 Å². The van der Waals surface area contributed by atoms with E-state index in [4.69, 9.17) is 0 Å². The monoisotopic (exact) mass is 200 g/mol. The number of hydrogen-bond donors (Lipinski definition) is 1. The van der Waals surface area contributed by atoms with Crippen molar-refractivity contribution in [3.05, 3.63) is 0 Å². The van der Waals surface area contributed by atoms with Crippen molar-refractivity contribution in [3.8, 4) is 0 Å². The molecule has 1 saturated heterocycles. The normalized spacial score (nSPS) is 21.4. The minimum atomic E-state index is -0.448. The molecule has 0 bridgehead atoms. The fraction of sp³-hybridized carbons (Fsp3) is 0.900. The van der Waals surface area contributed by atoms with Gasteiger partial charge in [0.15, 0.2) is 0 Å². The third kappa shape index (κ3) is 2.96. The smallest absolute Gasteiger partial charge is 0.237 e. The van der Waals surface area contributed by atoms with E-state index < -0.39 is 6.10 Å². The molecule has 1 aliphatic heterocycles. The highest BCUT2D eigenvalue weighted by Crippen LogP contribution is 2.13. The predicted octanol–water partition coefficient (Wildman–Crippen LogP) is 0.617. The Morgan fingerprint density at radius 1 is 1.57 bits per heavy atom. The number of nitrogens with zero attached hydrogens (tertiary/aromatic N) is 2. The Labute approximate surface area is 85.5 Å². The zero-order chi connectivity index (χ0) is 10.6. The number of β-amino-alcohol motifs (C(OH)–C–C–N with tert-alkyl or cyclic N) is 1. The van der Waals surface area contributed by atoms with Gasteiger partial charge in [0.25, 0.3) is 0 Å². The lowest BCUT2D eigenvalue weighted by atomic mass is 10.2. The van der Waals surface area contributed by atoms with Crippen LogP contribution in [0.4, 0.5) is 0 Å². The van der Waals surface area contributed by atoms with Gasteiger partial charge in [-0.2, -0.15) is 0 Å². The molecule has 1 aliphatic rings. The molecule has 4 heteroatoms. The highest BCUT2D eigenvalue weighted by atomic mass is 16.3. The molecule has 1 rings (SSSR count). The van der Waals surface area contributed by atoms with E-state index in [1.165, 1.54) is 0 Å². The molecule has 1 N–H and O–H groups in total. The van der Waals surface area contributed by atoms with Crippen LogP contribution < -0.4 is 0 Å². The second kappa shape index (κ2) is 5.32. The number of carbonyl (C=O) groups is 1. The summed E-state index contributed by atoms with van der Waals surface area (Å²) in [6.45, 7) is 6.08. The molecule has 0 aliphatic carbocycles. The molecule has 1 heterocycles. The molecule has 0 aromatic heterocycles. The molecule has 82 valence electrons. The minimum Gasteiger partial charge on any atom is -0.392 e. The maximum absolute atomic E-state index is 11.6. The highest BCUT2D eigenvalue weighted by Gasteiger charge is 2.25. The first kappa shape index (κ1) is 11.5. The molecule has 14 heavy (non-hydrogen) atoms. The molecule has 0 aromatic rings.